The largest absolute Gasteiger partial charge is 0.478 e. The molecule has 194 valence electrons. The van der Waals surface area contributed by atoms with Crippen molar-refractivity contribution >= 4 is 27.9 Å². The van der Waals surface area contributed by atoms with Crippen LogP contribution in [-0.2, 0) is 13.0 Å². The monoisotopic (exact) mass is 514 g/mol. The van der Waals surface area contributed by atoms with Crippen molar-refractivity contribution in [3.63, 3.8) is 0 Å². The number of rotatable bonds is 8. The minimum Gasteiger partial charge on any atom is -0.478 e. The average molecular weight is 515 g/mol. The fraction of sp³-hybridized carbons (Fsp3) is 0.182. The average Bonchev–Trinajstić information content (AvgIpc) is 3.55. The summed E-state index contributed by atoms with van der Waals surface area (Å²) in [6.45, 7) is 4.99. The Balaban J connectivity index is 1.50. The number of aryl methyl sites for hydroxylation is 2. The molecule has 1 N–H and O–H groups in total. The summed E-state index contributed by atoms with van der Waals surface area (Å²) in [5, 5.41) is 10.9. The molecular formula is C33H30N4O2. The highest BCUT2D eigenvalue weighted by atomic mass is 16.4. The van der Waals surface area contributed by atoms with Crippen LogP contribution in [0.1, 0.15) is 47.1 Å². The lowest BCUT2D eigenvalue weighted by molar-refractivity contribution is 0.0697. The second kappa shape index (κ2) is 10.2. The first-order chi connectivity index (χ1) is 19.0. The minimum atomic E-state index is -0.937. The number of aromatic nitrogens is 4. The predicted octanol–water partition coefficient (Wildman–Crippen LogP) is 7.44. The van der Waals surface area contributed by atoms with Crippen LogP contribution in [0.4, 0.5) is 0 Å². The molecule has 0 bridgehead atoms. The second-order valence-electron chi connectivity index (χ2n) is 9.95. The van der Waals surface area contributed by atoms with Crippen LogP contribution in [-0.4, -0.2) is 30.2 Å². The van der Waals surface area contributed by atoms with Gasteiger partial charge in [-0.2, -0.15) is 0 Å². The molecule has 39 heavy (non-hydrogen) atoms. The molecule has 0 aliphatic rings. The molecule has 0 saturated carbocycles. The van der Waals surface area contributed by atoms with Gasteiger partial charge in [-0.25, -0.2) is 9.78 Å². The first kappa shape index (κ1) is 24.6. The normalized spacial score (nSPS) is 11.4. The Bertz CT molecular complexity index is 1810. The molecule has 6 rings (SSSR count). The van der Waals surface area contributed by atoms with Crippen molar-refractivity contribution < 1.29 is 9.90 Å². The molecule has 3 heterocycles. The van der Waals surface area contributed by atoms with Crippen molar-refractivity contribution in [3.05, 3.63) is 114 Å². The Morgan fingerprint density at radius 1 is 0.949 bits per heavy atom. The molecule has 0 amide bonds. The van der Waals surface area contributed by atoms with E-state index >= 15 is 0 Å². The molecule has 0 saturated heterocycles. The Hall–Kier alpha value is -4.71. The predicted molar refractivity (Wildman–Crippen MR) is 156 cm³/mol. The van der Waals surface area contributed by atoms with Gasteiger partial charge in [-0.3, -0.25) is 4.98 Å². The summed E-state index contributed by atoms with van der Waals surface area (Å²) >= 11 is 0. The van der Waals surface area contributed by atoms with Gasteiger partial charge in [0.1, 0.15) is 5.82 Å². The van der Waals surface area contributed by atoms with E-state index in [4.69, 9.17) is 4.98 Å². The van der Waals surface area contributed by atoms with Crippen molar-refractivity contribution in [2.75, 3.05) is 0 Å². The maximum atomic E-state index is 11.9. The van der Waals surface area contributed by atoms with Crippen LogP contribution in [0.15, 0.2) is 91.3 Å². The van der Waals surface area contributed by atoms with E-state index in [1.54, 1.807) is 12.1 Å². The zero-order valence-electron chi connectivity index (χ0n) is 22.1. The van der Waals surface area contributed by atoms with E-state index in [0.717, 1.165) is 69.4 Å². The lowest BCUT2D eigenvalue weighted by atomic mass is 10.1. The van der Waals surface area contributed by atoms with E-state index in [2.05, 4.69) is 47.7 Å². The number of fused-ring (bicyclic) bond motifs is 2. The lowest BCUT2D eigenvalue weighted by Crippen LogP contribution is -2.06. The molecule has 0 radical (unpaired) electrons. The molecule has 6 aromatic rings. The number of imidazole rings is 1. The number of carboxylic acids is 1. The Morgan fingerprint density at radius 3 is 2.59 bits per heavy atom. The highest BCUT2D eigenvalue weighted by Crippen LogP contribution is 2.31. The number of nitrogens with zero attached hydrogens (tertiary/aromatic N) is 4. The zero-order valence-corrected chi connectivity index (χ0v) is 22.1. The minimum absolute atomic E-state index is 0.278. The number of unbranched alkanes of at least 4 members (excludes halogenated alkanes) is 1. The van der Waals surface area contributed by atoms with Crippen molar-refractivity contribution in [1.29, 1.82) is 0 Å². The molecule has 0 unspecified atom stereocenters. The van der Waals surface area contributed by atoms with Crippen LogP contribution in [0, 0.1) is 6.92 Å². The van der Waals surface area contributed by atoms with Crippen LogP contribution in [0.2, 0.25) is 0 Å². The van der Waals surface area contributed by atoms with E-state index in [1.165, 1.54) is 0 Å². The third-order valence-corrected chi connectivity index (χ3v) is 7.38. The van der Waals surface area contributed by atoms with Gasteiger partial charge in [-0.1, -0.05) is 43.7 Å². The number of pyridine rings is 1. The quantitative estimate of drug-likeness (QED) is 0.229. The second-order valence-corrected chi connectivity index (χ2v) is 9.95. The first-order valence-electron chi connectivity index (χ1n) is 13.4. The third kappa shape index (κ3) is 4.48. The van der Waals surface area contributed by atoms with Crippen molar-refractivity contribution in [3.8, 4) is 16.9 Å². The molecule has 3 aromatic carbocycles. The number of hydrogen-bond donors (Lipinski definition) is 1. The number of para-hydroxylation sites is 1. The van der Waals surface area contributed by atoms with Gasteiger partial charge < -0.3 is 14.2 Å². The number of carboxylic acid groups (broad SMARTS) is 1. The van der Waals surface area contributed by atoms with Crippen molar-refractivity contribution in [2.24, 2.45) is 0 Å². The van der Waals surface area contributed by atoms with Gasteiger partial charge in [0.15, 0.2) is 0 Å². The fourth-order valence-electron chi connectivity index (χ4n) is 5.44. The first-order valence-corrected chi connectivity index (χ1v) is 13.4. The van der Waals surface area contributed by atoms with Gasteiger partial charge >= 0.3 is 5.97 Å². The highest BCUT2D eigenvalue weighted by molar-refractivity contribution is 5.94. The fourth-order valence-corrected chi connectivity index (χ4v) is 5.44. The lowest BCUT2D eigenvalue weighted by Gasteiger charge is -2.13. The molecule has 6 nitrogen and oxygen atoms in total. The molecule has 0 aliphatic heterocycles. The van der Waals surface area contributed by atoms with Gasteiger partial charge in [0.2, 0.25) is 0 Å². The van der Waals surface area contributed by atoms with E-state index < -0.39 is 5.97 Å². The Morgan fingerprint density at radius 2 is 1.79 bits per heavy atom. The maximum absolute atomic E-state index is 11.9. The van der Waals surface area contributed by atoms with Crippen LogP contribution < -0.4 is 0 Å². The SMILES string of the molecule is CCCCc1nc2c(C)cc(-c3ccccn3)cc2n1Cc1cccc2c1ccn2-c1ccccc1C(=O)O. The van der Waals surface area contributed by atoms with E-state index in [0.29, 0.717) is 12.2 Å². The van der Waals surface area contributed by atoms with Crippen LogP contribution in [0.25, 0.3) is 38.9 Å². The summed E-state index contributed by atoms with van der Waals surface area (Å²) in [4.78, 5) is 21.6. The van der Waals surface area contributed by atoms with E-state index in [1.807, 2.05) is 59.4 Å². The number of aromatic carboxylic acids is 1. The van der Waals surface area contributed by atoms with Gasteiger partial charge in [0, 0.05) is 29.8 Å². The topological polar surface area (TPSA) is 72.9 Å². The third-order valence-electron chi connectivity index (χ3n) is 7.38. The number of benzene rings is 3. The van der Waals surface area contributed by atoms with E-state index in [-0.39, 0.29) is 5.56 Å². The zero-order chi connectivity index (χ0) is 26.9. The molecule has 0 spiro atoms. The van der Waals surface area contributed by atoms with Crippen LogP contribution in [0.3, 0.4) is 0 Å². The molecule has 0 atom stereocenters. The van der Waals surface area contributed by atoms with Crippen molar-refractivity contribution in [1.82, 2.24) is 19.1 Å². The molecule has 0 fully saturated rings. The number of hydrogen-bond acceptors (Lipinski definition) is 3. The summed E-state index contributed by atoms with van der Waals surface area (Å²) in [7, 11) is 0. The van der Waals surface area contributed by atoms with Gasteiger partial charge in [0.05, 0.1) is 40.0 Å². The molecule has 3 aromatic heterocycles. The van der Waals surface area contributed by atoms with Gasteiger partial charge in [-0.05, 0) is 73.0 Å². The van der Waals surface area contributed by atoms with Crippen LogP contribution in [0.5, 0.6) is 0 Å². The van der Waals surface area contributed by atoms with Gasteiger partial charge in [-0.15, -0.1) is 0 Å². The summed E-state index contributed by atoms with van der Waals surface area (Å²) in [6.07, 6.45) is 6.87. The molecular weight excluding hydrogens is 484 g/mol. The van der Waals surface area contributed by atoms with Crippen LogP contribution >= 0.6 is 0 Å². The van der Waals surface area contributed by atoms with Gasteiger partial charge in [0.25, 0.3) is 0 Å². The summed E-state index contributed by atoms with van der Waals surface area (Å²) in [5.74, 6) is 0.147. The molecule has 0 aliphatic carbocycles. The Kier molecular flexibility index (Phi) is 6.45. The van der Waals surface area contributed by atoms with Crippen molar-refractivity contribution in [2.45, 2.75) is 39.7 Å². The van der Waals surface area contributed by atoms with E-state index in [9.17, 15) is 9.90 Å². The summed E-state index contributed by atoms with van der Waals surface area (Å²) in [5.41, 5.74) is 8.38. The standard InChI is InChI=1S/C33H30N4O2/c1-3-4-15-31-35-32-22(2)19-24(27-12-7-8-17-34-27)20-30(32)37(31)21-23-10-9-14-28-25(23)16-18-36(28)29-13-6-5-11-26(29)33(38)39/h5-14,16-20H,3-4,15,21H2,1-2H3,(H,38,39). The maximum Gasteiger partial charge on any atom is 0.337 e. The summed E-state index contributed by atoms with van der Waals surface area (Å²) in [6, 6.07) is 25.8. The summed E-state index contributed by atoms with van der Waals surface area (Å²) < 4.78 is 4.32. The number of carbonyl (C=O) groups is 1. The molecule has 6 heteroatoms. The smallest absolute Gasteiger partial charge is 0.337 e. The highest BCUT2D eigenvalue weighted by Gasteiger charge is 2.18. The Labute approximate surface area is 227 Å².